The number of carbonyl (C=O) groups is 1. The van der Waals surface area contributed by atoms with Crippen molar-refractivity contribution in [3.05, 3.63) is 29.3 Å². The van der Waals surface area contributed by atoms with E-state index in [1.807, 2.05) is 6.92 Å². The fourth-order valence-electron chi connectivity index (χ4n) is 2.47. The minimum atomic E-state index is -0.941. The molecule has 1 fully saturated rings. The molecule has 2 atom stereocenters. The normalized spacial score (nSPS) is 23.7. The third-order valence-electron chi connectivity index (χ3n) is 3.62. The second-order valence-electron chi connectivity index (χ2n) is 5.15. The average Bonchev–Trinajstić information content (AvgIpc) is 2.57. The summed E-state index contributed by atoms with van der Waals surface area (Å²) in [6, 6.07) is 4.81. The van der Waals surface area contributed by atoms with Crippen LogP contribution < -0.4 is 4.74 Å². The smallest absolute Gasteiger partial charge is 0.335 e. The van der Waals surface area contributed by atoms with E-state index in [1.54, 1.807) is 12.1 Å². The van der Waals surface area contributed by atoms with E-state index in [-0.39, 0.29) is 11.7 Å². The molecule has 1 aromatic rings. The molecule has 2 rings (SSSR count). The van der Waals surface area contributed by atoms with Gasteiger partial charge in [-0.2, -0.15) is 0 Å². The first-order valence-electron chi connectivity index (χ1n) is 6.76. The van der Waals surface area contributed by atoms with Gasteiger partial charge in [0.05, 0.1) is 11.7 Å². The Balaban J connectivity index is 2.11. The zero-order chi connectivity index (χ0) is 13.8. The van der Waals surface area contributed by atoms with Crippen LogP contribution in [0.3, 0.4) is 0 Å². The van der Waals surface area contributed by atoms with E-state index in [2.05, 4.69) is 0 Å². The second kappa shape index (κ2) is 6.06. The number of aryl methyl sites for hydroxylation is 1. The van der Waals surface area contributed by atoms with E-state index in [0.29, 0.717) is 5.75 Å². The first kappa shape index (κ1) is 13.9. The molecule has 0 amide bonds. The van der Waals surface area contributed by atoms with Crippen LogP contribution in [0.25, 0.3) is 0 Å². The van der Waals surface area contributed by atoms with Crippen molar-refractivity contribution in [2.45, 2.75) is 51.2 Å². The molecule has 4 nitrogen and oxygen atoms in total. The van der Waals surface area contributed by atoms with Crippen molar-refractivity contribution in [3.8, 4) is 5.75 Å². The molecular formula is C15H20O4. The van der Waals surface area contributed by atoms with Gasteiger partial charge in [0.25, 0.3) is 0 Å². The van der Waals surface area contributed by atoms with Crippen LogP contribution in [0.4, 0.5) is 0 Å². The van der Waals surface area contributed by atoms with Gasteiger partial charge in [-0.25, -0.2) is 4.79 Å². The van der Waals surface area contributed by atoms with Crippen molar-refractivity contribution in [1.29, 1.82) is 0 Å². The van der Waals surface area contributed by atoms with Gasteiger partial charge < -0.3 is 14.9 Å². The number of carboxylic acids is 1. The van der Waals surface area contributed by atoms with Gasteiger partial charge in [0.2, 0.25) is 0 Å². The predicted molar refractivity (Wildman–Crippen MR) is 71.6 cm³/mol. The molecule has 2 N–H and O–H groups in total. The Kier molecular flexibility index (Phi) is 4.43. The summed E-state index contributed by atoms with van der Waals surface area (Å²) in [5.74, 6) is -0.278. The fourth-order valence-corrected chi connectivity index (χ4v) is 2.47. The third-order valence-corrected chi connectivity index (χ3v) is 3.62. The number of rotatable bonds is 3. The molecule has 0 radical (unpaired) electrons. The van der Waals surface area contributed by atoms with E-state index in [1.165, 1.54) is 6.07 Å². The van der Waals surface area contributed by atoms with Crippen molar-refractivity contribution in [1.82, 2.24) is 0 Å². The topological polar surface area (TPSA) is 66.8 Å². The number of hydrogen-bond donors (Lipinski definition) is 2. The third kappa shape index (κ3) is 3.47. The Labute approximate surface area is 113 Å². The lowest BCUT2D eigenvalue weighted by Crippen LogP contribution is -2.30. The molecule has 0 saturated heterocycles. The highest BCUT2D eigenvalue weighted by Crippen LogP contribution is 2.26. The molecule has 0 aliphatic heterocycles. The quantitative estimate of drug-likeness (QED) is 0.824. The maximum atomic E-state index is 10.9. The fraction of sp³-hybridized carbons (Fsp3) is 0.533. The summed E-state index contributed by atoms with van der Waals surface area (Å²) >= 11 is 0. The minimum absolute atomic E-state index is 0.183. The number of aromatic carboxylic acids is 1. The average molecular weight is 264 g/mol. The summed E-state index contributed by atoms with van der Waals surface area (Å²) in [7, 11) is 0. The predicted octanol–water partition coefficient (Wildman–Crippen LogP) is 2.77. The minimum Gasteiger partial charge on any atom is -0.487 e. The number of ether oxygens (including phenoxy) is 1. The van der Waals surface area contributed by atoms with Crippen LogP contribution >= 0.6 is 0 Å². The van der Waals surface area contributed by atoms with Crippen molar-refractivity contribution in [3.63, 3.8) is 0 Å². The van der Waals surface area contributed by atoms with E-state index >= 15 is 0 Å². The van der Waals surface area contributed by atoms with E-state index in [0.717, 1.165) is 37.7 Å². The Morgan fingerprint density at radius 3 is 2.68 bits per heavy atom. The van der Waals surface area contributed by atoms with Crippen molar-refractivity contribution in [2.24, 2.45) is 0 Å². The maximum Gasteiger partial charge on any atom is 0.335 e. The zero-order valence-electron chi connectivity index (χ0n) is 11.1. The van der Waals surface area contributed by atoms with Gasteiger partial charge in [0, 0.05) is 0 Å². The molecule has 0 aromatic heterocycles. The monoisotopic (exact) mass is 264 g/mol. The SMILES string of the molecule is Cc1cc(C(=O)O)ccc1OC1CCCCCC1O. The molecule has 4 heteroatoms. The standard InChI is InChI=1S/C15H20O4/c1-10-9-11(15(17)18)7-8-13(10)19-14-6-4-2-3-5-12(14)16/h7-9,12,14,16H,2-6H2,1H3,(H,17,18). The lowest BCUT2D eigenvalue weighted by atomic mass is 10.1. The van der Waals surface area contributed by atoms with Crippen LogP contribution in [0, 0.1) is 6.92 Å². The summed E-state index contributed by atoms with van der Waals surface area (Å²) in [5.41, 5.74) is 1.04. The van der Waals surface area contributed by atoms with Crippen LogP contribution in [0.1, 0.15) is 48.0 Å². The summed E-state index contributed by atoms with van der Waals surface area (Å²) < 4.78 is 5.87. The van der Waals surface area contributed by atoms with Gasteiger partial charge in [-0.15, -0.1) is 0 Å². The second-order valence-corrected chi connectivity index (χ2v) is 5.15. The van der Waals surface area contributed by atoms with Crippen LogP contribution in [-0.4, -0.2) is 28.4 Å². The van der Waals surface area contributed by atoms with Gasteiger partial charge in [-0.05, 0) is 49.9 Å². The van der Waals surface area contributed by atoms with Crippen LogP contribution in [0.15, 0.2) is 18.2 Å². The van der Waals surface area contributed by atoms with E-state index < -0.39 is 12.1 Å². The highest BCUT2D eigenvalue weighted by Gasteiger charge is 2.23. The molecule has 1 aliphatic rings. The van der Waals surface area contributed by atoms with Gasteiger partial charge in [0.15, 0.2) is 0 Å². The number of hydrogen-bond acceptors (Lipinski definition) is 3. The van der Waals surface area contributed by atoms with E-state index in [4.69, 9.17) is 9.84 Å². The van der Waals surface area contributed by atoms with Gasteiger partial charge in [0.1, 0.15) is 11.9 Å². The summed E-state index contributed by atoms with van der Waals surface area (Å²) in [6.45, 7) is 1.82. The molecule has 0 heterocycles. The first-order chi connectivity index (χ1) is 9.08. The highest BCUT2D eigenvalue weighted by atomic mass is 16.5. The van der Waals surface area contributed by atoms with Crippen molar-refractivity contribution < 1.29 is 19.7 Å². The van der Waals surface area contributed by atoms with Crippen LogP contribution in [0.5, 0.6) is 5.75 Å². The molecule has 2 unspecified atom stereocenters. The zero-order valence-corrected chi connectivity index (χ0v) is 11.1. The lowest BCUT2D eigenvalue weighted by molar-refractivity contribution is 0.0315. The van der Waals surface area contributed by atoms with E-state index in [9.17, 15) is 9.90 Å². The lowest BCUT2D eigenvalue weighted by Gasteiger charge is -2.23. The molecule has 104 valence electrons. The Hall–Kier alpha value is -1.55. The molecule has 1 aliphatic carbocycles. The molecular weight excluding hydrogens is 244 g/mol. The number of aliphatic hydroxyl groups is 1. The Morgan fingerprint density at radius 2 is 2.00 bits per heavy atom. The molecule has 1 saturated carbocycles. The molecule has 0 bridgehead atoms. The number of benzene rings is 1. The molecule has 1 aromatic carbocycles. The number of carboxylic acid groups (broad SMARTS) is 1. The summed E-state index contributed by atoms with van der Waals surface area (Å²) in [4.78, 5) is 10.9. The number of aliphatic hydroxyl groups excluding tert-OH is 1. The summed E-state index contributed by atoms with van der Waals surface area (Å²) in [5, 5.41) is 18.9. The van der Waals surface area contributed by atoms with Crippen molar-refractivity contribution >= 4 is 5.97 Å². The van der Waals surface area contributed by atoms with Crippen LogP contribution in [0.2, 0.25) is 0 Å². The Morgan fingerprint density at radius 1 is 1.26 bits per heavy atom. The van der Waals surface area contributed by atoms with Gasteiger partial charge >= 0.3 is 5.97 Å². The largest absolute Gasteiger partial charge is 0.487 e. The maximum absolute atomic E-state index is 10.9. The molecule has 0 spiro atoms. The first-order valence-corrected chi connectivity index (χ1v) is 6.76. The summed E-state index contributed by atoms with van der Waals surface area (Å²) in [6.07, 6.45) is 4.25. The van der Waals surface area contributed by atoms with Crippen LogP contribution in [-0.2, 0) is 0 Å². The van der Waals surface area contributed by atoms with Crippen molar-refractivity contribution in [2.75, 3.05) is 0 Å². The molecule has 19 heavy (non-hydrogen) atoms. The van der Waals surface area contributed by atoms with Gasteiger partial charge in [-0.1, -0.05) is 12.8 Å². The Bertz CT molecular complexity index is 455. The van der Waals surface area contributed by atoms with Gasteiger partial charge in [-0.3, -0.25) is 0 Å². The highest BCUT2D eigenvalue weighted by molar-refractivity contribution is 5.88.